The highest BCUT2D eigenvalue weighted by atomic mass is 16.1. The van der Waals surface area contributed by atoms with Crippen LogP contribution in [0, 0.1) is 0 Å². The highest BCUT2D eigenvalue weighted by Gasteiger charge is 2.21. The number of benzene rings is 1. The zero-order valence-corrected chi connectivity index (χ0v) is 11.3. The molecule has 1 rings (SSSR count). The zero-order valence-electron chi connectivity index (χ0n) is 11.3. The van der Waals surface area contributed by atoms with Crippen molar-refractivity contribution < 1.29 is 9.28 Å². The highest BCUT2D eigenvalue weighted by Crippen LogP contribution is 2.10. The first-order valence-corrected chi connectivity index (χ1v) is 6.60. The zero-order chi connectivity index (χ0) is 12.7. The van der Waals surface area contributed by atoms with Gasteiger partial charge in [-0.2, -0.15) is 0 Å². The maximum Gasteiger partial charge on any atom is 0.168 e. The number of carbonyl (C=O) groups excluding carboxylic acids is 1. The predicted octanol–water partition coefficient (Wildman–Crippen LogP) is 3.14. The lowest BCUT2D eigenvalue weighted by atomic mass is 10.1. The molecule has 0 fully saturated rings. The summed E-state index contributed by atoms with van der Waals surface area (Å²) in [7, 11) is 0. The van der Waals surface area contributed by atoms with Crippen LogP contribution in [0.5, 0.6) is 0 Å². The minimum Gasteiger partial charge on any atom is -0.324 e. The Morgan fingerprint density at radius 1 is 1.00 bits per heavy atom. The average molecular weight is 234 g/mol. The molecule has 0 aliphatic rings. The van der Waals surface area contributed by atoms with Crippen LogP contribution in [0.15, 0.2) is 30.3 Å². The second kappa shape index (κ2) is 6.55. The van der Waals surface area contributed by atoms with Crippen LogP contribution < -0.4 is 0 Å². The maximum atomic E-state index is 12.0. The summed E-state index contributed by atoms with van der Waals surface area (Å²) in [6.45, 7) is 10.9. The maximum absolute atomic E-state index is 12.0. The van der Waals surface area contributed by atoms with Crippen molar-refractivity contribution in [1.82, 2.24) is 0 Å². The number of carbonyl (C=O) groups is 1. The quantitative estimate of drug-likeness (QED) is 0.523. The second-order valence-corrected chi connectivity index (χ2v) is 4.55. The molecule has 0 spiro atoms. The lowest BCUT2D eigenvalue weighted by molar-refractivity contribution is -0.922. The first-order chi connectivity index (χ1) is 8.17. The van der Waals surface area contributed by atoms with Gasteiger partial charge in [0.15, 0.2) is 5.78 Å². The summed E-state index contributed by atoms with van der Waals surface area (Å²) in [5.41, 5.74) is 0.842. The van der Waals surface area contributed by atoms with Gasteiger partial charge in [0.25, 0.3) is 0 Å². The van der Waals surface area contributed by atoms with E-state index in [-0.39, 0.29) is 5.78 Å². The third-order valence-corrected chi connectivity index (χ3v) is 3.92. The van der Waals surface area contributed by atoms with Crippen LogP contribution in [0.25, 0.3) is 0 Å². The first-order valence-electron chi connectivity index (χ1n) is 6.60. The fraction of sp³-hybridized carbons (Fsp3) is 0.533. The van der Waals surface area contributed by atoms with Crippen molar-refractivity contribution in [3.05, 3.63) is 35.9 Å². The molecule has 0 saturated carbocycles. The Kier molecular flexibility index (Phi) is 5.36. The van der Waals surface area contributed by atoms with E-state index in [9.17, 15) is 4.79 Å². The van der Waals surface area contributed by atoms with E-state index >= 15 is 0 Å². The molecule has 0 bridgehead atoms. The fourth-order valence-electron chi connectivity index (χ4n) is 2.25. The second-order valence-electron chi connectivity index (χ2n) is 4.55. The normalized spacial score (nSPS) is 11.5. The van der Waals surface area contributed by atoms with Gasteiger partial charge in [0.05, 0.1) is 32.6 Å². The van der Waals surface area contributed by atoms with Crippen LogP contribution in [0.3, 0.4) is 0 Å². The van der Waals surface area contributed by atoms with Gasteiger partial charge in [-0.1, -0.05) is 30.3 Å². The number of hydrogen-bond donors (Lipinski definition) is 0. The van der Waals surface area contributed by atoms with Gasteiger partial charge in [-0.25, -0.2) is 0 Å². The van der Waals surface area contributed by atoms with Crippen molar-refractivity contribution in [3.8, 4) is 0 Å². The summed E-state index contributed by atoms with van der Waals surface area (Å²) in [4.78, 5) is 12.0. The van der Waals surface area contributed by atoms with Gasteiger partial charge >= 0.3 is 0 Å². The van der Waals surface area contributed by atoms with Gasteiger partial charge in [-0.05, 0) is 20.8 Å². The Hall–Kier alpha value is -1.15. The molecule has 0 aliphatic carbocycles. The summed E-state index contributed by atoms with van der Waals surface area (Å²) in [5, 5.41) is 0. The summed E-state index contributed by atoms with van der Waals surface area (Å²) >= 11 is 0. The van der Waals surface area contributed by atoms with Crippen molar-refractivity contribution in [1.29, 1.82) is 0 Å². The van der Waals surface area contributed by atoms with E-state index in [1.54, 1.807) is 0 Å². The molecule has 0 heterocycles. The molecule has 0 saturated heterocycles. The number of hydrogen-bond acceptors (Lipinski definition) is 1. The number of ketones is 1. The van der Waals surface area contributed by atoms with E-state index in [0.717, 1.165) is 36.2 Å². The van der Waals surface area contributed by atoms with Crippen LogP contribution in [0.1, 0.15) is 37.6 Å². The fourth-order valence-corrected chi connectivity index (χ4v) is 2.25. The molecular formula is C15H24NO+. The molecule has 0 N–H and O–H groups in total. The molecule has 2 nitrogen and oxygen atoms in total. The van der Waals surface area contributed by atoms with Crippen molar-refractivity contribution in [2.75, 3.05) is 26.2 Å². The molecule has 0 unspecified atom stereocenters. The lowest BCUT2D eigenvalue weighted by Crippen LogP contribution is -2.48. The van der Waals surface area contributed by atoms with Crippen LogP contribution in [-0.4, -0.2) is 36.4 Å². The molecule has 0 atom stereocenters. The molecule has 1 aromatic rings. The highest BCUT2D eigenvalue weighted by molar-refractivity contribution is 5.96. The lowest BCUT2D eigenvalue weighted by Gasteiger charge is -2.35. The largest absolute Gasteiger partial charge is 0.324 e. The molecule has 94 valence electrons. The Bertz CT molecular complexity index is 333. The Morgan fingerprint density at radius 2 is 1.53 bits per heavy atom. The van der Waals surface area contributed by atoms with Crippen molar-refractivity contribution >= 4 is 5.78 Å². The summed E-state index contributed by atoms with van der Waals surface area (Å²) in [6.07, 6.45) is 0.652. The Balaban J connectivity index is 2.59. The number of quaternary nitrogens is 1. The molecule has 2 heteroatoms. The number of Topliss-reactive ketones (excluding diaryl/α,β-unsaturated/α-hetero) is 1. The van der Waals surface area contributed by atoms with E-state index in [4.69, 9.17) is 0 Å². The predicted molar refractivity (Wildman–Crippen MR) is 72.1 cm³/mol. The van der Waals surface area contributed by atoms with Gasteiger partial charge in [0.2, 0.25) is 0 Å². The molecular weight excluding hydrogens is 210 g/mol. The topological polar surface area (TPSA) is 17.1 Å². The van der Waals surface area contributed by atoms with E-state index in [1.165, 1.54) is 0 Å². The van der Waals surface area contributed by atoms with E-state index in [2.05, 4.69) is 20.8 Å². The van der Waals surface area contributed by atoms with Crippen molar-refractivity contribution in [2.24, 2.45) is 0 Å². The monoisotopic (exact) mass is 234 g/mol. The average Bonchev–Trinajstić information content (AvgIpc) is 2.41. The summed E-state index contributed by atoms with van der Waals surface area (Å²) in [5.74, 6) is 0.267. The van der Waals surface area contributed by atoms with Crippen molar-refractivity contribution in [2.45, 2.75) is 27.2 Å². The van der Waals surface area contributed by atoms with Gasteiger partial charge in [-0.15, -0.1) is 0 Å². The van der Waals surface area contributed by atoms with Gasteiger partial charge in [0, 0.05) is 5.56 Å². The summed E-state index contributed by atoms with van der Waals surface area (Å²) < 4.78 is 1.04. The molecule has 0 aromatic heterocycles. The summed E-state index contributed by atoms with van der Waals surface area (Å²) in [6, 6.07) is 9.60. The van der Waals surface area contributed by atoms with Gasteiger partial charge in [-0.3, -0.25) is 4.79 Å². The standard InChI is InChI=1S/C15H24NO/c1-4-16(5-2,6-3)13-12-15(17)14-10-8-7-9-11-14/h7-11H,4-6,12-13H2,1-3H3/q+1. The molecule has 0 aliphatic heterocycles. The van der Waals surface area contributed by atoms with E-state index in [1.807, 2.05) is 30.3 Å². The van der Waals surface area contributed by atoms with Crippen LogP contribution in [-0.2, 0) is 0 Å². The molecule has 17 heavy (non-hydrogen) atoms. The van der Waals surface area contributed by atoms with Crippen LogP contribution >= 0.6 is 0 Å². The number of nitrogens with zero attached hydrogens (tertiary/aromatic N) is 1. The third kappa shape index (κ3) is 3.67. The van der Waals surface area contributed by atoms with Crippen molar-refractivity contribution in [3.63, 3.8) is 0 Å². The molecule has 1 aromatic carbocycles. The third-order valence-electron chi connectivity index (χ3n) is 3.92. The van der Waals surface area contributed by atoms with Crippen LogP contribution in [0.4, 0.5) is 0 Å². The minimum absolute atomic E-state index is 0.267. The molecule has 0 amide bonds. The van der Waals surface area contributed by atoms with E-state index < -0.39 is 0 Å². The first kappa shape index (κ1) is 13.9. The SMILES string of the molecule is CC[N+](CC)(CC)CCC(=O)c1ccccc1. The Morgan fingerprint density at radius 3 is 2.00 bits per heavy atom. The van der Waals surface area contributed by atoms with Gasteiger partial charge < -0.3 is 4.48 Å². The van der Waals surface area contributed by atoms with Crippen LogP contribution in [0.2, 0.25) is 0 Å². The number of rotatable bonds is 7. The van der Waals surface area contributed by atoms with Gasteiger partial charge in [0.1, 0.15) is 0 Å². The molecule has 0 radical (unpaired) electrons. The smallest absolute Gasteiger partial charge is 0.168 e. The van der Waals surface area contributed by atoms with E-state index in [0.29, 0.717) is 6.42 Å². The minimum atomic E-state index is 0.267. The Labute approximate surface area is 105 Å².